The lowest BCUT2D eigenvalue weighted by molar-refractivity contribution is 0.660. The monoisotopic (exact) mass is 220 g/mol. The van der Waals surface area contributed by atoms with Crippen LogP contribution in [-0.4, -0.2) is 11.1 Å². The van der Waals surface area contributed by atoms with E-state index in [0.29, 0.717) is 11.1 Å². The minimum absolute atomic E-state index is 0.181. The SMILES string of the molecule is Cc1ccc([C@H]2N=C(N)NC(=S)N2)cc1. The summed E-state index contributed by atoms with van der Waals surface area (Å²) in [6.07, 6.45) is -0.181. The Morgan fingerprint density at radius 2 is 2.00 bits per heavy atom. The summed E-state index contributed by atoms with van der Waals surface area (Å²) in [5, 5.41) is 6.28. The molecule has 0 amide bonds. The molecule has 4 nitrogen and oxygen atoms in total. The first kappa shape index (κ1) is 9.92. The molecule has 0 radical (unpaired) electrons. The van der Waals surface area contributed by atoms with Crippen LogP contribution in [0.1, 0.15) is 17.3 Å². The number of nitrogens with zero attached hydrogens (tertiary/aromatic N) is 1. The van der Waals surface area contributed by atoms with E-state index in [2.05, 4.69) is 15.6 Å². The molecule has 1 aromatic carbocycles. The minimum Gasteiger partial charge on any atom is -0.370 e. The van der Waals surface area contributed by atoms with E-state index in [-0.39, 0.29) is 6.17 Å². The zero-order valence-corrected chi connectivity index (χ0v) is 9.14. The quantitative estimate of drug-likeness (QED) is 0.612. The second-order valence-electron chi connectivity index (χ2n) is 3.43. The van der Waals surface area contributed by atoms with Crippen molar-refractivity contribution in [2.75, 3.05) is 0 Å². The van der Waals surface area contributed by atoms with Crippen molar-refractivity contribution in [3.05, 3.63) is 35.4 Å². The molecule has 4 N–H and O–H groups in total. The standard InChI is InChI=1S/C10H12N4S/c1-6-2-4-7(5-3-6)8-12-9(11)14-10(15)13-8/h2-5,8H,1H3,(H4,11,12,13,14,15)/t8-/m0/s1. The molecule has 15 heavy (non-hydrogen) atoms. The lowest BCUT2D eigenvalue weighted by atomic mass is 10.1. The van der Waals surface area contributed by atoms with Crippen LogP contribution in [0.3, 0.4) is 0 Å². The highest BCUT2D eigenvalue weighted by atomic mass is 32.1. The minimum atomic E-state index is -0.181. The van der Waals surface area contributed by atoms with Gasteiger partial charge in [-0.1, -0.05) is 29.8 Å². The fourth-order valence-corrected chi connectivity index (χ4v) is 1.60. The highest BCUT2D eigenvalue weighted by Gasteiger charge is 2.16. The third-order valence-corrected chi connectivity index (χ3v) is 2.39. The summed E-state index contributed by atoms with van der Waals surface area (Å²) in [5.74, 6) is 0.351. The van der Waals surface area contributed by atoms with E-state index in [1.807, 2.05) is 31.2 Å². The number of hydrogen-bond acceptors (Lipinski definition) is 3. The molecule has 1 aliphatic heterocycles. The van der Waals surface area contributed by atoms with Gasteiger partial charge in [0, 0.05) is 0 Å². The van der Waals surface area contributed by atoms with Crippen molar-refractivity contribution in [2.24, 2.45) is 10.7 Å². The van der Waals surface area contributed by atoms with Crippen molar-refractivity contribution in [3.8, 4) is 0 Å². The van der Waals surface area contributed by atoms with E-state index in [9.17, 15) is 0 Å². The number of thiocarbonyl (C=S) groups is 1. The predicted molar refractivity (Wildman–Crippen MR) is 64.4 cm³/mol. The molecule has 0 unspecified atom stereocenters. The summed E-state index contributed by atoms with van der Waals surface area (Å²) in [4.78, 5) is 4.22. The molecule has 1 heterocycles. The van der Waals surface area contributed by atoms with Gasteiger partial charge in [0.25, 0.3) is 0 Å². The van der Waals surface area contributed by atoms with Crippen LogP contribution in [0.2, 0.25) is 0 Å². The van der Waals surface area contributed by atoms with Crippen LogP contribution in [-0.2, 0) is 0 Å². The molecule has 0 saturated heterocycles. The predicted octanol–water partition coefficient (Wildman–Crippen LogP) is 0.786. The first-order chi connectivity index (χ1) is 7.15. The van der Waals surface area contributed by atoms with Crippen molar-refractivity contribution >= 4 is 23.3 Å². The highest BCUT2D eigenvalue weighted by Crippen LogP contribution is 2.16. The fourth-order valence-electron chi connectivity index (χ4n) is 1.39. The Labute approximate surface area is 93.6 Å². The van der Waals surface area contributed by atoms with Crippen LogP contribution in [0.15, 0.2) is 29.3 Å². The van der Waals surface area contributed by atoms with Crippen molar-refractivity contribution in [2.45, 2.75) is 13.1 Å². The van der Waals surface area contributed by atoms with Gasteiger partial charge in [0.2, 0.25) is 0 Å². The average Bonchev–Trinajstić information content (AvgIpc) is 2.17. The first-order valence-corrected chi connectivity index (χ1v) is 5.03. The summed E-state index contributed by atoms with van der Waals surface area (Å²) in [5.41, 5.74) is 7.86. The number of nitrogens with two attached hydrogens (primary N) is 1. The molecular weight excluding hydrogens is 208 g/mol. The third kappa shape index (κ3) is 2.24. The van der Waals surface area contributed by atoms with Gasteiger partial charge < -0.3 is 16.4 Å². The molecule has 78 valence electrons. The lowest BCUT2D eigenvalue weighted by Crippen LogP contribution is -2.49. The smallest absolute Gasteiger partial charge is 0.197 e. The molecule has 0 bridgehead atoms. The van der Waals surface area contributed by atoms with Gasteiger partial charge in [-0.3, -0.25) is 0 Å². The van der Waals surface area contributed by atoms with Gasteiger partial charge in [0.05, 0.1) is 0 Å². The largest absolute Gasteiger partial charge is 0.370 e. The molecule has 2 rings (SSSR count). The number of aliphatic imine (C=N–C) groups is 1. The number of nitrogens with one attached hydrogen (secondary N) is 2. The van der Waals surface area contributed by atoms with Crippen molar-refractivity contribution in [1.29, 1.82) is 0 Å². The van der Waals surface area contributed by atoms with E-state index in [1.54, 1.807) is 0 Å². The van der Waals surface area contributed by atoms with E-state index >= 15 is 0 Å². The van der Waals surface area contributed by atoms with Gasteiger partial charge in [-0.2, -0.15) is 0 Å². The Morgan fingerprint density at radius 1 is 1.33 bits per heavy atom. The Hall–Kier alpha value is -1.62. The van der Waals surface area contributed by atoms with Crippen LogP contribution in [0.25, 0.3) is 0 Å². The molecule has 1 atom stereocenters. The summed E-state index contributed by atoms with van der Waals surface area (Å²) < 4.78 is 0. The summed E-state index contributed by atoms with van der Waals surface area (Å²) in [6, 6.07) is 8.09. The van der Waals surface area contributed by atoms with Crippen LogP contribution in [0.4, 0.5) is 0 Å². The fraction of sp³-hybridized carbons (Fsp3) is 0.200. The number of aryl methyl sites for hydroxylation is 1. The van der Waals surface area contributed by atoms with Gasteiger partial charge in [0.15, 0.2) is 11.1 Å². The topological polar surface area (TPSA) is 62.4 Å². The summed E-state index contributed by atoms with van der Waals surface area (Å²) in [6.45, 7) is 2.04. The second-order valence-corrected chi connectivity index (χ2v) is 3.83. The van der Waals surface area contributed by atoms with Gasteiger partial charge in [-0.05, 0) is 24.7 Å². The average molecular weight is 220 g/mol. The van der Waals surface area contributed by atoms with E-state index in [0.717, 1.165) is 5.56 Å². The molecule has 5 heteroatoms. The van der Waals surface area contributed by atoms with Crippen molar-refractivity contribution < 1.29 is 0 Å². The normalized spacial score (nSPS) is 20.2. The Morgan fingerprint density at radius 3 is 2.60 bits per heavy atom. The maximum atomic E-state index is 5.59. The Kier molecular flexibility index (Phi) is 2.55. The number of hydrogen-bond donors (Lipinski definition) is 3. The van der Waals surface area contributed by atoms with Crippen LogP contribution < -0.4 is 16.4 Å². The number of rotatable bonds is 1. The highest BCUT2D eigenvalue weighted by molar-refractivity contribution is 7.80. The maximum absolute atomic E-state index is 5.59. The maximum Gasteiger partial charge on any atom is 0.197 e. The van der Waals surface area contributed by atoms with Crippen molar-refractivity contribution in [3.63, 3.8) is 0 Å². The third-order valence-electron chi connectivity index (χ3n) is 2.17. The molecular formula is C10H12N4S. The van der Waals surface area contributed by atoms with Gasteiger partial charge in [-0.25, -0.2) is 4.99 Å². The summed E-state index contributed by atoms with van der Waals surface area (Å²) >= 11 is 5.00. The molecule has 1 aliphatic rings. The Bertz CT molecular complexity index is 410. The zero-order valence-electron chi connectivity index (χ0n) is 8.32. The van der Waals surface area contributed by atoms with E-state index in [4.69, 9.17) is 18.0 Å². The molecule has 1 aromatic rings. The van der Waals surface area contributed by atoms with Crippen LogP contribution in [0.5, 0.6) is 0 Å². The van der Waals surface area contributed by atoms with Crippen LogP contribution in [0, 0.1) is 6.92 Å². The zero-order chi connectivity index (χ0) is 10.8. The van der Waals surface area contributed by atoms with Crippen LogP contribution >= 0.6 is 12.2 Å². The molecule has 0 aliphatic carbocycles. The second kappa shape index (κ2) is 3.86. The Balaban J connectivity index is 2.27. The first-order valence-electron chi connectivity index (χ1n) is 4.62. The van der Waals surface area contributed by atoms with E-state index in [1.165, 1.54) is 5.56 Å². The molecule has 0 aromatic heterocycles. The summed E-state index contributed by atoms with van der Waals surface area (Å²) in [7, 11) is 0. The number of benzene rings is 1. The van der Waals surface area contributed by atoms with Crippen molar-refractivity contribution in [1.82, 2.24) is 10.6 Å². The molecule has 0 saturated carbocycles. The van der Waals surface area contributed by atoms with Gasteiger partial charge in [0.1, 0.15) is 6.17 Å². The lowest BCUT2D eigenvalue weighted by Gasteiger charge is -2.23. The van der Waals surface area contributed by atoms with E-state index < -0.39 is 0 Å². The van der Waals surface area contributed by atoms with Gasteiger partial charge >= 0.3 is 0 Å². The molecule has 0 fully saturated rings. The van der Waals surface area contributed by atoms with Gasteiger partial charge in [-0.15, -0.1) is 0 Å². The molecule has 0 spiro atoms. The number of guanidine groups is 1.